The number of carbonyl (C=O) groups is 1. The van der Waals surface area contributed by atoms with E-state index in [0.29, 0.717) is 12.0 Å². The van der Waals surface area contributed by atoms with Crippen LogP contribution in [0.1, 0.15) is 71.6 Å². The van der Waals surface area contributed by atoms with Crippen LogP contribution in [0.3, 0.4) is 0 Å². The monoisotopic (exact) mass is 494 g/mol. The highest BCUT2D eigenvalue weighted by molar-refractivity contribution is 5.94. The van der Waals surface area contributed by atoms with Crippen LogP contribution in [0.5, 0.6) is 0 Å². The van der Waals surface area contributed by atoms with E-state index >= 15 is 0 Å². The van der Waals surface area contributed by atoms with Gasteiger partial charge < -0.3 is 10.2 Å². The van der Waals surface area contributed by atoms with Crippen molar-refractivity contribution in [3.05, 3.63) is 83.4 Å². The van der Waals surface area contributed by atoms with E-state index in [0.717, 1.165) is 60.3 Å². The van der Waals surface area contributed by atoms with Gasteiger partial charge in [0.25, 0.3) is 5.91 Å². The van der Waals surface area contributed by atoms with Gasteiger partial charge in [-0.2, -0.15) is 5.10 Å². The molecule has 1 saturated carbocycles. The maximum atomic E-state index is 13.1. The summed E-state index contributed by atoms with van der Waals surface area (Å²) in [5.74, 6) is 1.43. The maximum Gasteiger partial charge on any atom is 0.253 e. The van der Waals surface area contributed by atoms with E-state index < -0.39 is 0 Å². The summed E-state index contributed by atoms with van der Waals surface area (Å²) in [5.41, 5.74) is 5.25. The number of rotatable bonds is 7. The van der Waals surface area contributed by atoms with Crippen molar-refractivity contribution in [3.63, 3.8) is 0 Å². The number of fused-ring (bicyclic) bond motifs is 1. The van der Waals surface area contributed by atoms with Gasteiger partial charge in [-0.05, 0) is 67.5 Å². The second-order valence-corrected chi connectivity index (χ2v) is 10.5. The van der Waals surface area contributed by atoms with Crippen molar-refractivity contribution in [1.82, 2.24) is 25.1 Å². The summed E-state index contributed by atoms with van der Waals surface area (Å²) < 4.78 is 0. The molecule has 4 aromatic rings. The quantitative estimate of drug-likeness (QED) is 0.354. The first-order valence-electron chi connectivity index (χ1n) is 13.6. The number of carbonyl (C=O) groups excluding carboxylic acids is 1. The Morgan fingerprint density at radius 2 is 1.86 bits per heavy atom. The lowest BCUT2D eigenvalue weighted by atomic mass is 9.95. The number of hydrogen-bond acceptors (Lipinski definition) is 5. The fourth-order valence-corrected chi connectivity index (χ4v) is 5.86. The summed E-state index contributed by atoms with van der Waals surface area (Å²) in [6.07, 6.45) is 14.6. The predicted molar refractivity (Wildman–Crippen MR) is 146 cm³/mol. The first kappa shape index (κ1) is 23.6. The number of anilines is 1. The topological polar surface area (TPSA) is 86.8 Å². The lowest BCUT2D eigenvalue weighted by Gasteiger charge is -2.23. The summed E-state index contributed by atoms with van der Waals surface area (Å²) in [5, 5.41) is 12.6. The van der Waals surface area contributed by atoms with Gasteiger partial charge in [0.15, 0.2) is 0 Å². The molecule has 4 heterocycles. The Labute approximate surface area is 217 Å². The summed E-state index contributed by atoms with van der Waals surface area (Å²) in [6.45, 7) is 1.54. The number of aryl methyl sites for hydroxylation is 2. The Balaban J connectivity index is 1.09. The van der Waals surface area contributed by atoms with Gasteiger partial charge in [-0.25, -0.2) is 4.98 Å². The molecular weight excluding hydrogens is 460 g/mol. The number of nitrogens with zero attached hydrogens (tertiary/aromatic N) is 4. The molecule has 2 aliphatic rings. The number of amides is 1. The van der Waals surface area contributed by atoms with Crippen LogP contribution in [0, 0.1) is 0 Å². The van der Waals surface area contributed by atoms with E-state index in [2.05, 4.69) is 43.7 Å². The third-order valence-corrected chi connectivity index (χ3v) is 7.98. The fourth-order valence-electron chi connectivity index (χ4n) is 5.86. The molecule has 2 fully saturated rings. The van der Waals surface area contributed by atoms with E-state index in [9.17, 15) is 4.79 Å². The Morgan fingerprint density at radius 1 is 1.00 bits per heavy atom. The van der Waals surface area contributed by atoms with E-state index in [1.165, 1.54) is 43.2 Å². The van der Waals surface area contributed by atoms with Gasteiger partial charge in [-0.1, -0.05) is 37.5 Å². The Kier molecular flexibility index (Phi) is 6.84. The SMILES string of the molecule is O=C(c1ccc(CCc2[nH]nc3ccnc(NC4CCCCC4)c23)cc1)N1CCC(c2cccnc2)C1. The summed E-state index contributed by atoms with van der Waals surface area (Å²) in [6, 6.07) is 14.6. The molecule has 37 heavy (non-hydrogen) atoms. The van der Waals surface area contributed by atoms with Crippen molar-refractivity contribution in [1.29, 1.82) is 0 Å². The molecule has 1 saturated heterocycles. The molecule has 0 radical (unpaired) electrons. The smallest absolute Gasteiger partial charge is 0.253 e. The van der Waals surface area contributed by atoms with Crippen LogP contribution in [0.2, 0.25) is 0 Å². The van der Waals surface area contributed by atoms with Gasteiger partial charge >= 0.3 is 0 Å². The van der Waals surface area contributed by atoms with Crippen LogP contribution in [0.25, 0.3) is 10.9 Å². The van der Waals surface area contributed by atoms with E-state index in [1.807, 2.05) is 41.6 Å². The summed E-state index contributed by atoms with van der Waals surface area (Å²) >= 11 is 0. The minimum atomic E-state index is 0.113. The Bertz CT molecular complexity index is 1340. The first-order chi connectivity index (χ1) is 18.2. The molecule has 3 aromatic heterocycles. The Hall–Kier alpha value is -3.74. The van der Waals surface area contributed by atoms with Crippen LogP contribution >= 0.6 is 0 Å². The average molecular weight is 495 g/mol. The van der Waals surface area contributed by atoms with Crippen molar-refractivity contribution < 1.29 is 4.79 Å². The third-order valence-electron chi connectivity index (χ3n) is 7.98. The van der Waals surface area contributed by atoms with Crippen LogP contribution in [-0.4, -0.2) is 50.1 Å². The molecule has 1 aliphatic heterocycles. The van der Waals surface area contributed by atoms with Crippen LogP contribution in [0.4, 0.5) is 5.82 Å². The Morgan fingerprint density at radius 3 is 2.68 bits per heavy atom. The van der Waals surface area contributed by atoms with Gasteiger partial charge in [0, 0.05) is 54.9 Å². The molecule has 2 N–H and O–H groups in total. The van der Waals surface area contributed by atoms with Crippen molar-refractivity contribution >= 4 is 22.6 Å². The fraction of sp³-hybridized carbons (Fsp3) is 0.400. The zero-order valence-corrected chi connectivity index (χ0v) is 21.2. The van der Waals surface area contributed by atoms with Crippen molar-refractivity contribution in [2.45, 2.75) is 63.3 Å². The molecule has 1 aliphatic carbocycles. The molecule has 1 aromatic carbocycles. The second-order valence-electron chi connectivity index (χ2n) is 10.5. The molecule has 0 bridgehead atoms. The molecular formula is C30H34N6O. The summed E-state index contributed by atoms with van der Waals surface area (Å²) in [4.78, 5) is 24.0. The molecule has 7 nitrogen and oxygen atoms in total. The van der Waals surface area contributed by atoms with Gasteiger partial charge in [0.1, 0.15) is 5.82 Å². The molecule has 190 valence electrons. The highest BCUT2D eigenvalue weighted by Crippen LogP contribution is 2.29. The van der Waals surface area contributed by atoms with E-state index in [1.54, 1.807) is 6.20 Å². The van der Waals surface area contributed by atoms with Gasteiger partial charge in [-0.15, -0.1) is 0 Å². The van der Waals surface area contributed by atoms with Crippen LogP contribution < -0.4 is 5.32 Å². The number of nitrogens with one attached hydrogen (secondary N) is 2. The number of likely N-dealkylation sites (tertiary alicyclic amines) is 1. The molecule has 1 unspecified atom stereocenters. The number of aromatic amines is 1. The van der Waals surface area contributed by atoms with Gasteiger partial charge in [-0.3, -0.25) is 14.9 Å². The highest BCUT2D eigenvalue weighted by atomic mass is 16.2. The molecule has 7 heteroatoms. The largest absolute Gasteiger partial charge is 0.367 e. The summed E-state index contributed by atoms with van der Waals surface area (Å²) in [7, 11) is 0. The second kappa shape index (κ2) is 10.7. The number of benzene rings is 1. The maximum absolute atomic E-state index is 13.1. The average Bonchev–Trinajstić information content (AvgIpc) is 3.61. The third kappa shape index (κ3) is 5.22. The predicted octanol–water partition coefficient (Wildman–Crippen LogP) is 5.51. The normalized spacial score (nSPS) is 18.4. The molecule has 0 spiro atoms. The number of hydrogen-bond donors (Lipinski definition) is 2. The van der Waals surface area contributed by atoms with E-state index in [-0.39, 0.29) is 5.91 Å². The molecule has 1 amide bonds. The number of aromatic nitrogens is 4. The highest BCUT2D eigenvalue weighted by Gasteiger charge is 2.28. The zero-order chi connectivity index (χ0) is 25.0. The number of pyridine rings is 2. The lowest BCUT2D eigenvalue weighted by molar-refractivity contribution is 0.0790. The lowest BCUT2D eigenvalue weighted by Crippen LogP contribution is -2.28. The first-order valence-corrected chi connectivity index (χ1v) is 13.6. The van der Waals surface area contributed by atoms with Crippen molar-refractivity contribution in [3.8, 4) is 0 Å². The molecule has 6 rings (SSSR count). The van der Waals surface area contributed by atoms with Gasteiger partial charge in [0.05, 0.1) is 10.9 Å². The van der Waals surface area contributed by atoms with E-state index in [4.69, 9.17) is 0 Å². The van der Waals surface area contributed by atoms with Gasteiger partial charge in [0.2, 0.25) is 0 Å². The van der Waals surface area contributed by atoms with Crippen molar-refractivity contribution in [2.75, 3.05) is 18.4 Å². The zero-order valence-electron chi connectivity index (χ0n) is 21.2. The van der Waals surface area contributed by atoms with Crippen molar-refractivity contribution in [2.24, 2.45) is 0 Å². The molecule has 1 atom stereocenters. The minimum absolute atomic E-state index is 0.113. The van der Waals surface area contributed by atoms with Crippen LogP contribution in [-0.2, 0) is 12.8 Å². The minimum Gasteiger partial charge on any atom is -0.367 e. The van der Waals surface area contributed by atoms with Crippen LogP contribution in [0.15, 0.2) is 61.1 Å². The number of H-pyrrole nitrogens is 1. The standard InChI is InChI=1S/C30H34N6O/c37-30(36-18-15-24(20-36)23-5-4-16-31-19-23)22-11-8-21(9-12-22)10-13-26-28-27(35-34-26)14-17-32-29(28)33-25-6-2-1-3-7-25/h4-5,8-9,11-12,14,16-17,19,24-25H,1-3,6-7,10,13,15,18,20H2,(H,32,33)(H,34,35).